The van der Waals surface area contributed by atoms with Gasteiger partial charge in [-0.15, -0.1) is 0 Å². The molecule has 3 heterocycles. The standard InChI is InChI=1S/C27H44N6O2/c1-6-22(26(31-18-28)30-15-11-24(34)35-27(3,4)5)19(2)33-16-12-20(13-17-33)23-10-9-21-8-7-14-29-25(21)32-23/h9-10,20,30-31H,2,6-8,11-18,28H2,1,3-5H3,(H,29,32)/b26-22-. The van der Waals surface area contributed by atoms with E-state index >= 15 is 0 Å². The zero-order chi connectivity index (χ0) is 25.4. The van der Waals surface area contributed by atoms with Gasteiger partial charge in [-0.1, -0.05) is 19.6 Å². The molecule has 1 aromatic rings. The number of hydrogen-bond acceptors (Lipinski definition) is 8. The van der Waals surface area contributed by atoms with Crippen LogP contribution in [0, 0.1) is 0 Å². The second kappa shape index (κ2) is 12.3. The maximum absolute atomic E-state index is 12.1. The highest BCUT2D eigenvalue weighted by molar-refractivity contribution is 5.70. The van der Waals surface area contributed by atoms with Crippen LogP contribution in [0.3, 0.4) is 0 Å². The van der Waals surface area contributed by atoms with Gasteiger partial charge in [0.1, 0.15) is 17.2 Å². The van der Waals surface area contributed by atoms with E-state index in [-0.39, 0.29) is 12.4 Å². The Bertz CT molecular complexity index is 913. The second-order valence-corrected chi connectivity index (χ2v) is 10.3. The van der Waals surface area contributed by atoms with E-state index in [1.807, 2.05) is 20.8 Å². The van der Waals surface area contributed by atoms with Gasteiger partial charge in [0.25, 0.3) is 0 Å². The van der Waals surface area contributed by atoms with Crippen molar-refractivity contribution in [2.24, 2.45) is 5.73 Å². The van der Waals surface area contributed by atoms with Crippen molar-refractivity contribution < 1.29 is 9.53 Å². The average Bonchev–Trinajstić information content (AvgIpc) is 2.83. The minimum absolute atomic E-state index is 0.220. The molecule has 194 valence electrons. The fourth-order valence-corrected chi connectivity index (χ4v) is 4.79. The minimum atomic E-state index is -0.481. The topological polar surface area (TPSA) is 105 Å². The molecular formula is C27H44N6O2. The van der Waals surface area contributed by atoms with E-state index in [1.54, 1.807) is 0 Å². The van der Waals surface area contributed by atoms with Gasteiger partial charge in [-0.3, -0.25) is 4.79 Å². The van der Waals surface area contributed by atoms with Crippen molar-refractivity contribution in [2.45, 2.75) is 77.7 Å². The van der Waals surface area contributed by atoms with Gasteiger partial charge in [0.15, 0.2) is 0 Å². The Morgan fingerprint density at radius 3 is 2.69 bits per heavy atom. The van der Waals surface area contributed by atoms with Gasteiger partial charge < -0.3 is 31.3 Å². The van der Waals surface area contributed by atoms with E-state index in [9.17, 15) is 4.79 Å². The Morgan fingerprint density at radius 2 is 2.03 bits per heavy atom. The van der Waals surface area contributed by atoms with Crippen molar-refractivity contribution in [1.29, 1.82) is 0 Å². The molecule has 1 saturated heterocycles. The number of hydrogen-bond donors (Lipinski definition) is 4. The van der Waals surface area contributed by atoms with Crippen molar-refractivity contribution in [3.63, 3.8) is 0 Å². The number of nitrogens with zero attached hydrogens (tertiary/aromatic N) is 2. The third kappa shape index (κ3) is 7.62. The van der Waals surface area contributed by atoms with Crippen LogP contribution >= 0.6 is 0 Å². The van der Waals surface area contributed by atoms with Gasteiger partial charge in [0.05, 0.1) is 13.1 Å². The lowest BCUT2D eigenvalue weighted by atomic mass is 9.91. The number of pyridine rings is 1. The highest BCUT2D eigenvalue weighted by Crippen LogP contribution is 2.32. The monoisotopic (exact) mass is 484 g/mol. The summed E-state index contributed by atoms with van der Waals surface area (Å²) in [5.74, 6) is 2.16. The minimum Gasteiger partial charge on any atom is -0.460 e. The fraction of sp³-hybridized carbons (Fsp3) is 0.630. The van der Waals surface area contributed by atoms with Crippen LogP contribution in [0.25, 0.3) is 0 Å². The van der Waals surface area contributed by atoms with Crippen LogP contribution in [0.4, 0.5) is 5.82 Å². The average molecular weight is 485 g/mol. The van der Waals surface area contributed by atoms with Gasteiger partial charge in [0, 0.05) is 49.1 Å². The number of aromatic nitrogens is 1. The molecule has 2 aliphatic heterocycles. The van der Waals surface area contributed by atoms with Gasteiger partial charge in [-0.05, 0) is 64.5 Å². The Labute approximate surface area is 210 Å². The number of likely N-dealkylation sites (tertiary alicyclic amines) is 1. The highest BCUT2D eigenvalue weighted by atomic mass is 16.6. The van der Waals surface area contributed by atoms with Crippen molar-refractivity contribution in [3.8, 4) is 0 Å². The zero-order valence-corrected chi connectivity index (χ0v) is 22.0. The lowest BCUT2D eigenvalue weighted by molar-refractivity contribution is -0.154. The van der Waals surface area contributed by atoms with E-state index in [1.165, 1.54) is 17.7 Å². The summed E-state index contributed by atoms with van der Waals surface area (Å²) in [6.07, 6.45) is 5.48. The molecule has 35 heavy (non-hydrogen) atoms. The second-order valence-electron chi connectivity index (χ2n) is 10.3. The first-order chi connectivity index (χ1) is 16.7. The molecule has 2 aliphatic rings. The lowest BCUT2D eigenvalue weighted by Crippen LogP contribution is -2.37. The number of nitrogens with two attached hydrogens (primary N) is 1. The summed E-state index contributed by atoms with van der Waals surface area (Å²) >= 11 is 0. The van der Waals surface area contributed by atoms with Crippen LogP contribution in [0.1, 0.15) is 77.0 Å². The van der Waals surface area contributed by atoms with Crippen LogP contribution in [-0.4, -0.2) is 54.3 Å². The Balaban J connectivity index is 1.59. The molecule has 0 amide bonds. The van der Waals surface area contributed by atoms with Crippen molar-refractivity contribution in [1.82, 2.24) is 20.5 Å². The summed E-state index contributed by atoms with van der Waals surface area (Å²) in [6.45, 7) is 15.8. The first-order valence-corrected chi connectivity index (χ1v) is 13.0. The summed E-state index contributed by atoms with van der Waals surface area (Å²) < 4.78 is 5.41. The SMILES string of the molecule is C=C(/C(CC)=C(\NCN)NCCC(=O)OC(C)(C)C)N1CCC(c2ccc3c(n2)NCCC3)CC1. The summed E-state index contributed by atoms with van der Waals surface area (Å²) in [5, 5.41) is 10.0. The Morgan fingerprint density at radius 1 is 1.29 bits per heavy atom. The fourth-order valence-electron chi connectivity index (χ4n) is 4.79. The number of fused-ring (bicyclic) bond motifs is 1. The Hall–Kier alpha value is -2.74. The third-order valence-electron chi connectivity index (χ3n) is 6.54. The molecule has 1 fully saturated rings. The van der Waals surface area contributed by atoms with E-state index in [4.69, 9.17) is 15.5 Å². The number of nitrogens with one attached hydrogen (secondary N) is 3. The number of ether oxygens (including phenoxy) is 1. The number of rotatable bonds is 10. The Kier molecular flexibility index (Phi) is 9.43. The largest absolute Gasteiger partial charge is 0.460 e. The maximum Gasteiger partial charge on any atom is 0.308 e. The summed E-state index contributed by atoms with van der Waals surface area (Å²) in [7, 11) is 0. The quantitative estimate of drug-likeness (QED) is 0.227. The molecule has 3 rings (SSSR count). The number of carbonyl (C=O) groups excluding carboxylic acids is 1. The molecule has 0 spiro atoms. The molecule has 0 saturated carbocycles. The molecule has 5 N–H and O–H groups in total. The molecule has 0 aromatic carbocycles. The summed E-state index contributed by atoms with van der Waals surface area (Å²) in [6, 6.07) is 4.47. The van der Waals surface area contributed by atoms with Gasteiger partial charge in [-0.2, -0.15) is 0 Å². The first kappa shape index (κ1) is 26.9. The van der Waals surface area contributed by atoms with Crippen LogP contribution in [-0.2, 0) is 16.0 Å². The molecule has 0 bridgehead atoms. The predicted octanol–water partition coefficient (Wildman–Crippen LogP) is 3.58. The molecule has 1 aromatic heterocycles. The maximum atomic E-state index is 12.1. The van der Waals surface area contributed by atoms with Crippen molar-refractivity contribution >= 4 is 11.8 Å². The molecule has 0 unspecified atom stereocenters. The number of anilines is 1. The molecule has 0 atom stereocenters. The molecule has 8 heteroatoms. The van der Waals surface area contributed by atoms with E-state index in [2.05, 4.69) is 46.5 Å². The van der Waals surface area contributed by atoms with Crippen LogP contribution in [0.15, 0.2) is 35.8 Å². The molecule has 0 aliphatic carbocycles. The van der Waals surface area contributed by atoms with Gasteiger partial charge in [0.2, 0.25) is 0 Å². The van der Waals surface area contributed by atoms with Crippen LogP contribution < -0.4 is 21.7 Å². The molecular weight excluding hydrogens is 440 g/mol. The van der Waals surface area contributed by atoms with Crippen molar-refractivity contribution in [3.05, 3.63) is 47.1 Å². The normalized spacial score (nSPS) is 17.1. The summed E-state index contributed by atoms with van der Waals surface area (Å²) in [4.78, 5) is 19.4. The summed E-state index contributed by atoms with van der Waals surface area (Å²) in [5.41, 5.74) is 9.97. The number of piperidine rings is 1. The zero-order valence-electron chi connectivity index (χ0n) is 22.0. The smallest absolute Gasteiger partial charge is 0.308 e. The first-order valence-electron chi connectivity index (χ1n) is 13.0. The number of aryl methyl sites for hydroxylation is 1. The van der Waals surface area contributed by atoms with E-state index < -0.39 is 5.60 Å². The van der Waals surface area contributed by atoms with Crippen LogP contribution in [0.5, 0.6) is 0 Å². The van der Waals surface area contributed by atoms with Crippen molar-refractivity contribution in [2.75, 3.05) is 38.2 Å². The third-order valence-corrected chi connectivity index (χ3v) is 6.54. The lowest BCUT2D eigenvalue weighted by Gasteiger charge is -2.36. The molecule has 8 nitrogen and oxygen atoms in total. The number of carbonyl (C=O) groups is 1. The number of esters is 1. The predicted molar refractivity (Wildman–Crippen MR) is 142 cm³/mol. The van der Waals surface area contributed by atoms with E-state index in [0.29, 0.717) is 19.1 Å². The van der Waals surface area contributed by atoms with Crippen LogP contribution in [0.2, 0.25) is 0 Å². The van der Waals surface area contributed by atoms with Gasteiger partial charge >= 0.3 is 5.97 Å². The number of allylic oxidation sites excluding steroid dienone is 1. The van der Waals surface area contributed by atoms with E-state index in [0.717, 1.165) is 68.2 Å². The van der Waals surface area contributed by atoms with Gasteiger partial charge in [-0.25, -0.2) is 4.98 Å². The highest BCUT2D eigenvalue weighted by Gasteiger charge is 2.25. The molecule has 0 radical (unpaired) electrons.